The third kappa shape index (κ3) is 6.11. The highest BCUT2D eigenvalue weighted by molar-refractivity contribution is 7.13. The van der Waals surface area contributed by atoms with Crippen molar-refractivity contribution >= 4 is 28.8 Å². The van der Waals surface area contributed by atoms with E-state index in [0.29, 0.717) is 17.7 Å². The van der Waals surface area contributed by atoms with Crippen molar-refractivity contribution in [2.45, 2.75) is 32.6 Å². The van der Waals surface area contributed by atoms with Crippen LogP contribution in [-0.4, -0.2) is 72.8 Å². The number of rotatable bonds is 6. The molecule has 2 N–H and O–H groups in total. The van der Waals surface area contributed by atoms with E-state index in [0.717, 1.165) is 69.7 Å². The molecule has 5 rings (SSSR count). The Hall–Kier alpha value is -3.16. The number of Topliss-reactive ketones (excluding diaryl/α,β-unsaturated/α-hetero) is 1. The van der Waals surface area contributed by atoms with E-state index >= 15 is 0 Å². The van der Waals surface area contributed by atoms with Crippen LogP contribution in [0.2, 0.25) is 0 Å². The lowest BCUT2D eigenvalue weighted by atomic mass is 9.75. The van der Waals surface area contributed by atoms with E-state index in [9.17, 15) is 9.59 Å². The molecule has 0 atom stereocenters. The molecule has 7 heteroatoms. The van der Waals surface area contributed by atoms with Gasteiger partial charge in [-0.2, -0.15) is 0 Å². The van der Waals surface area contributed by atoms with E-state index in [1.807, 2.05) is 46.2 Å². The van der Waals surface area contributed by atoms with Crippen molar-refractivity contribution < 1.29 is 9.59 Å². The Labute approximate surface area is 230 Å². The fourth-order valence-electron chi connectivity index (χ4n) is 5.54. The minimum Gasteiger partial charge on any atom is -0.398 e. The molecule has 1 aromatic heterocycles. The molecule has 3 aromatic rings. The number of likely N-dealkylation sites (N-methyl/N-ethyl adjacent to an activating group) is 1. The molecule has 0 spiro atoms. The maximum Gasteiger partial charge on any atom is 0.320 e. The van der Waals surface area contributed by atoms with Crippen molar-refractivity contribution in [3.05, 3.63) is 76.7 Å². The summed E-state index contributed by atoms with van der Waals surface area (Å²) in [6, 6.07) is 18.3. The van der Waals surface area contributed by atoms with Crippen LogP contribution in [0.5, 0.6) is 0 Å². The summed E-state index contributed by atoms with van der Waals surface area (Å²) in [5, 5.41) is 2.05. The van der Waals surface area contributed by atoms with Gasteiger partial charge in [0, 0.05) is 61.8 Å². The molecular formula is C31H38N4O2S. The monoisotopic (exact) mass is 530 g/mol. The predicted octanol–water partition coefficient (Wildman–Crippen LogP) is 5.43. The molecule has 2 aromatic carbocycles. The second-order valence-electron chi connectivity index (χ2n) is 11.2. The van der Waals surface area contributed by atoms with E-state index in [1.165, 1.54) is 10.4 Å². The first-order valence-electron chi connectivity index (χ1n) is 13.6. The number of ketones is 1. The summed E-state index contributed by atoms with van der Waals surface area (Å²) >= 11 is 1.68. The first kappa shape index (κ1) is 26.4. The first-order valence-corrected chi connectivity index (χ1v) is 14.4. The van der Waals surface area contributed by atoms with Crippen LogP contribution in [0.15, 0.2) is 60.0 Å². The van der Waals surface area contributed by atoms with Gasteiger partial charge in [-0.3, -0.25) is 4.79 Å². The van der Waals surface area contributed by atoms with Crippen molar-refractivity contribution in [1.29, 1.82) is 0 Å². The van der Waals surface area contributed by atoms with Crippen LogP contribution in [0.1, 0.15) is 41.3 Å². The molecule has 2 aliphatic heterocycles. The smallest absolute Gasteiger partial charge is 0.320 e. The van der Waals surface area contributed by atoms with Crippen molar-refractivity contribution in [2.75, 3.05) is 52.0 Å². The number of hydrogen-bond donors (Lipinski definition) is 1. The molecule has 3 heterocycles. The second-order valence-corrected chi connectivity index (χ2v) is 12.2. The molecule has 0 bridgehead atoms. The number of nitrogens with zero attached hydrogens (tertiary/aromatic N) is 3. The molecule has 2 saturated heterocycles. The summed E-state index contributed by atoms with van der Waals surface area (Å²) in [5.41, 5.74) is 10.9. The van der Waals surface area contributed by atoms with E-state index in [-0.39, 0.29) is 17.2 Å². The number of anilines is 1. The fourth-order valence-corrected chi connectivity index (χ4v) is 6.27. The molecule has 38 heavy (non-hydrogen) atoms. The van der Waals surface area contributed by atoms with Gasteiger partial charge >= 0.3 is 6.03 Å². The summed E-state index contributed by atoms with van der Waals surface area (Å²) in [4.78, 5) is 33.5. The van der Waals surface area contributed by atoms with Gasteiger partial charge in [0.25, 0.3) is 0 Å². The summed E-state index contributed by atoms with van der Waals surface area (Å²) < 4.78 is 0. The fraction of sp³-hybridized carbons (Fsp3) is 0.419. The van der Waals surface area contributed by atoms with Gasteiger partial charge in [0.05, 0.1) is 0 Å². The van der Waals surface area contributed by atoms with Crippen molar-refractivity contribution in [1.82, 2.24) is 14.7 Å². The molecule has 200 valence electrons. The standard InChI is InChI=1S/C31H38N4O2S/c1-31(11-13-34(14-12-31)30(37)35-17-15-33(2)16-18-35)22-23-5-7-24(8-6-23)28(36)21-26-20-25(9-10-27(26)32)29-4-3-19-38-29/h3-10,19-20H,11-18,21-22,32H2,1-2H3. The Bertz CT molecular complexity index is 1260. The summed E-state index contributed by atoms with van der Waals surface area (Å²) in [7, 11) is 2.11. The zero-order valence-corrected chi connectivity index (χ0v) is 23.3. The minimum atomic E-state index is 0.0773. The molecule has 2 fully saturated rings. The molecule has 0 aliphatic carbocycles. The number of benzene rings is 2. The third-order valence-electron chi connectivity index (χ3n) is 8.22. The van der Waals surface area contributed by atoms with Gasteiger partial charge in [-0.15, -0.1) is 11.3 Å². The molecule has 2 aliphatic rings. The molecule has 0 radical (unpaired) electrons. The van der Waals surface area contributed by atoms with E-state index < -0.39 is 0 Å². The van der Waals surface area contributed by atoms with Gasteiger partial charge in [-0.1, -0.05) is 43.3 Å². The van der Waals surface area contributed by atoms with E-state index in [1.54, 1.807) is 11.3 Å². The number of thiophene rings is 1. The number of nitrogen functional groups attached to an aromatic ring is 1. The summed E-state index contributed by atoms with van der Waals surface area (Å²) in [5.74, 6) is 0.0773. The average molecular weight is 531 g/mol. The van der Waals surface area contributed by atoms with Crippen molar-refractivity contribution in [3.63, 3.8) is 0 Å². The molecule has 2 amide bonds. The predicted molar refractivity (Wildman–Crippen MR) is 156 cm³/mol. The van der Waals surface area contributed by atoms with Crippen LogP contribution in [0.4, 0.5) is 10.5 Å². The average Bonchev–Trinajstić information content (AvgIpc) is 3.46. The molecule has 0 unspecified atom stereocenters. The third-order valence-corrected chi connectivity index (χ3v) is 9.14. The normalized spacial score (nSPS) is 17.9. The van der Waals surface area contributed by atoms with Gasteiger partial charge in [0.15, 0.2) is 5.78 Å². The Kier molecular flexibility index (Phi) is 7.86. The SMILES string of the molecule is CN1CCN(C(=O)N2CCC(C)(Cc3ccc(C(=O)Cc4cc(-c5cccs5)ccc4N)cc3)CC2)CC1. The van der Waals surface area contributed by atoms with Crippen LogP contribution in [-0.2, 0) is 12.8 Å². The number of carbonyl (C=O) groups excluding carboxylic acids is 2. The van der Waals surface area contributed by atoms with Gasteiger partial charge in [0.2, 0.25) is 0 Å². The Balaban J connectivity index is 1.16. The number of piperazine rings is 1. The lowest BCUT2D eigenvalue weighted by Crippen LogP contribution is -2.54. The Morgan fingerprint density at radius 3 is 2.26 bits per heavy atom. The van der Waals surface area contributed by atoms with Crippen molar-refractivity contribution in [3.8, 4) is 10.4 Å². The molecular weight excluding hydrogens is 492 g/mol. The van der Waals surface area contributed by atoms with E-state index in [4.69, 9.17) is 5.73 Å². The van der Waals surface area contributed by atoms with E-state index in [2.05, 4.69) is 42.5 Å². The summed E-state index contributed by atoms with van der Waals surface area (Å²) in [6.07, 6.45) is 3.23. The van der Waals surface area contributed by atoms with Gasteiger partial charge in [-0.25, -0.2) is 4.79 Å². The van der Waals surface area contributed by atoms with Crippen LogP contribution < -0.4 is 5.73 Å². The lowest BCUT2D eigenvalue weighted by Gasteiger charge is -2.42. The highest BCUT2D eigenvalue weighted by Crippen LogP contribution is 2.35. The topological polar surface area (TPSA) is 69.9 Å². The highest BCUT2D eigenvalue weighted by atomic mass is 32.1. The molecule has 6 nitrogen and oxygen atoms in total. The highest BCUT2D eigenvalue weighted by Gasteiger charge is 2.34. The minimum absolute atomic E-state index is 0.0773. The lowest BCUT2D eigenvalue weighted by molar-refractivity contribution is 0.0896. The van der Waals surface area contributed by atoms with Crippen LogP contribution in [0.25, 0.3) is 10.4 Å². The number of amides is 2. The maximum atomic E-state index is 13.1. The Morgan fingerprint density at radius 1 is 0.921 bits per heavy atom. The number of piperidine rings is 1. The number of likely N-dealkylation sites (tertiary alicyclic amines) is 1. The number of hydrogen-bond acceptors (Lipinski definition) is 5. The second kappa shape index (κ2) is 11.3. The van der Waals surface area contributed by atoms with Crippen LogP contribution in [0.3, 0.4) is 0 Å². The Morgan fingerprint density at radius 2 is 1.61 bits per heavy atom. The van der Waals surface area contributed by atoms with Gasteiger partial charge < -0.3 is 20.4 Å². The van der Waals surface area contributed by atoms with Crippen LogP contribution in [0, 0.1) is 5.41 Å². The van der Waals surface area contributed by atoms with Gasteiger partial charge in [-0.05, 0) is 72.0 Å². The first-order chi connectivity index (χ1) is 18.3. The quantitative estimate of drug-likeness (QED) is 0.341. The number of nitrogens with two attached hydrogens (primary N) is 1. The van der Waals surface area contributed by atoms with Crippen molar-refractivity contribution in [2.24, 2.45) is 5.41 Å². The zero-order chi connectivity index (χ0) is 26.7. The number of urea groups is 1. The largest absolute Gasteiger partial charge is 0.398 e. The zero-order valence-electron chi connectivity index (χ0n) is 22.5. The summed E-state index contributed by atoms with van der Waals surface area (Å²) in [6.45, 7) is 7.48. The molecule has 0 saturated carbocycles. The van der Waals surface area contributed by atoms with Gasteiger partial charge in [0.1, 0.15) is 0 Å². The maximum absolute atomic E-state index is 13.1. The van der Waals surface area contributed by atoms with Crippen LogP contribution >= 0.6 is 11.3 Å². The number of carbonyl (C=O) groups is 2.